The Morgan fingerprint density at radius 2 is 1.69 bits per heavy atom. The number of hydrogen-bond donors (Lipinski definition) is 1. The lowest BCUT2D eigenvalue weighted by Crippen LogP contribution is -2.47. The fraction of sp³-hybridized carbons (Fsp3) is 1.00. The first-order valence-electron chi connectivity index (χ1n) is 6.82. The molecule has 0 aliphatic carbocycles. The molecule has 2 nitrogen and oxygen atoms in total. The van der Waals surface area contributed by atoms with Gasteiger partial charge in [0.05, 0.1) is 0 Å². The molecule has 0 heterocycles. The molecule has 2 atom stereocenters. The lowest BCUT2D eigenvalue weighted by atomic mass is 9.89. The molecule has 16 heavy (non-hydrogen) atoms. The summed E-state index contributed by atoms with van der Waals surface area (Å²) >= 11 is 0. The van der Waals surface area contributed by atoms with Crippen LogP contribution in [0.4, 0.5) is 0 Å². The molecule has 0 radical (unpaired) electrons. The van der Waals surface area contributed by atoms with Crippen LogP contribution in [0, 0.1) is 5.92 Å². The summed E-state index contributed by atoms with van der Waals surface area (Å²) in [5.74, 6) is 0.767. The van der Waals surface area contributed by atoms with Crippen LogP contribution in [0.1, 0.15) is 48.0 Å². The molecule has 2 unspecified atom stereocenters. The lowest BCUT2D eigenvalue weighted by Gasteiger charge is -2.37. The van der Waals surface area contributed by atoms with Gasteiger partial charge in [0.1, 0.15) is 0 Å². The van der Waals surface area contributed by atoms with E-state index in [1.165, 1.54) is 16.7 Å². The molecule has 0 aliphatic rings. The number of nitrogens with zero attached hydrogens (tertiary/aromatic N) is 1. The lowest BCUT2D eigenvalue weighted by molar-refractivity contribution is 0.218. The Morgan fingerprint density at radius 3 is 2.00 bits per heavy atom. The summed E-state index contributed by atoms with van der Waals surface area (Å²) in [5.41, 5.74) is 0. The second kappa shape index (κ2) is 7.46. The summed E-state index contributed by atoms with van der Waals surface area (Å²) in [4.78, 5) is 2.45. The van der Waals surface area contributed by atoms with Gasteiger partial charge >= 0.3 is 0 Å². The third-order valence-corrected chi connectivity index (χ3v) is 4.20. The highest BCUT2D eigenvalue weighted by molar-refractivity contribution is 6.15. The van der Waals surface area contributed by atoms with Crippen LogP contribution in [0.5, 0.6) is 0 Å². The van der Waals surface area contributed by atoms with Crippen LogP contribution >= 0.6 is 0 Å². The van der Waals surface area contributed by atoms with Gasteiger partial charge < -0.3 is 5.32 Å². The van der Waals surface area contributed by atoms with Crippen LogP contribution in [-0.4, -0.2) is 40.9 Å². The van der Waals surface area contributed by atoms with Gasteiger partial charge in [0.25, 0.3) is 0 Å². The van der Waals surface area contributed by atoms with Crippen LogP contribution in [-0.2, 0) is 0 Å². The molecule has 0 amide bonds. The highest BCUT2D eigenvalue weighted by atomic mass is 28.1. The zero-order chi connectivity index (χ0) is 12.8. The van der Waals surface area contributed by atoms with E-state index in [-0.39, 0.29) is 0 Å². The van der Waals surface area contributed by atoms with Gasteiger partial charge in [-0.2, -0.15) is 0 Å². The average Bonchev–Trinajstić information content (AvgIpc) is 2.22. The molecule has 98 valence electrons. The minimum absolute atomic E-state index is 0.475. The Morgan fingerprint density at radius 1 is 1.19 bits per heavy atom. The fourth-order valence-electron chi connectivity index (χ4n) is 2.27. The first kappa shape index (κ1) is 16.1. The third kappa shape index (κ3) is 5.46. The minimum atomic E-state index is 0.475. The van der Waals surface area contributed by atoms with Crippen molar-refractivity contribution in [3.8, 4) is 0 Å². The van der Waals surface area contributed by atoms with Gasteiger partial charge in [-0.3, -0.25) is 4.90 Å². The van der Waals surface area contributed by atoms with Crippen molar-refractivity contribution in [2.75, 3.05) is 19.8 Å². The normalized spacial score (nSPS) is 16.7. The van der Waals surface area contributed by atoms with Crippen LogP contribution < -0.4 is 5.32 Å². The molecule has 0 fully saturated rings. The fourth-order valence-corrected chi connectivity index (χ4v) is 3.04. The highest BCUT2D eigenvalue weighted by Gasteiger charge is 2.28. The number of nitrogens with one attached hydrogen (secondary N) is 1. The largest absolute Gasteiger partial charge is 0.301 e. The quantitative estimate of drug-likeness (QED) is 0.518. The van der Waals surface area contributed by atoms with E-state index in [4.69, 9.17) is 0 Å². The standard InChI is InChI=1S/C13H32N2Si/c1-7-11(4)12(13(5,6)16)14-10-15(8-2)9-3/h11-12,14H,7-10H2,1-6,16H3. The van der Waals surface area contributed by atoms with Crippen LogP contribution in [0.25, 0.3) is 0 Å². The van der Waals surface area contributed by atoms with Gasteiger partial charge in [-0.05, 0) is 24.0 Å². The Labute approximate surface area is 106 Å². The summed E-state index contributed by atoms with van der Waals surface area (Å²) in [6.07, 6.45) is 1.27. The van der Waals surface area contributed by atoms with Crippen LogP contribution in [0.2, 0.25) is 5.04 Å². The molecular formula is C13H32N2Si. The topological polar surface area (TPSA) is 15.3 Å². The molecule has 0 saturated carbocycles. The first-order valence-corrected chi connectivity index (χ1v) is 7.82. The summed E-state index contributed by atoms with van der Waals surface area (Å²) in [5, 5.41) is 4.25. The van der Waals surface area contributed by atoms with Crippen molar-refractivity contribution in [2.45, 2.75) is 59.0 Å². The average molecular weight is 244 g/mol. The summed E-state index contributed by atoms with van der Waals surface area (Å²) in [7, 11) is 1.25. The Bertz CT molecular complexity index is 173. The zero-order valence-corrected chi connectivity index (χ0v) is 14.4. The molecule has 0 rings (SSSR count). The zero-order valence-electron chi connectivity index (χ0n) is 12.4. The van der Waals surface area contributed by atoms with Crippen LogP contribution in [0.3, 0.4) is 0 Å². The van der Waals surface area contributed by atoms with E-state index < -0.39 is 0 Å². The Balaban J connectivity index is 4.33. The van der Waals surface area contributed by atoms with Crippen molar-refractivity contribution in [3.05, 3.63) is 0 Å². The third-order valence-electron chi connectivity index (χ3n) is 3.58. The van der Waals surface area contributed by atoms with Crippen molar-refractivity contribution in [2.24, 2.45) is 5.92 Å². The molecule has 0 aliphatic heterocycles. The van der Waals surface area contributed by atoms with Crippen molar-refractivity contribution in [1.82, 2.24) is 10.2 Å². The SMILES string of the molecule is CCC(C)C(NCN(CC)CC)C(C)(C)[SiH3]. The van der Waals surface area contributed by atoms with Crippen molar-refractivity contribution in [3.63, 3.8) is 0 Å². The van der Waals surface area contributed by atoms with Gasteiger partial charge in [-0.25, -0.2) is 0 Å². The monoisotopic (exact) mass is 244 g/mol. The molecule has 0 aromatic carbocycles. The van der Waals surface area contributed by atoms with E-state index in [1.807, 2.05) is 0 Å². The van der Waals surface area contributed by atoms with Crippen molar-refractivity contribution < 1.29 is 0 Å². The molecule has 0 saturated heterocycles. The molecule has 3 heteroatoms. The summed E-state index contributed by atoms with van der Waals surface area (Å²) < 4.78 is 0. The molecule has 0 aromatic heterocycles. The van der Waals surface area contributed by atoms with Crippen molar-refractivity contribution in [1.29, 1.82) is 0 Å². The van der Waals surface area contributed by atoms with Crippen LogP contribution in [0.15, 0.2) is 0 Å². The highest BCUT2D eigenvalue weighted by Crippen LogP contribution is 2.30. The number of rotatable bonds is 8. The number of hydrogen-bond acceptors (Lipinski definition) is 2. The summed E-state index contributed by atoms with van der Waals surface area (Å²) in [6, 6.07) is 0.657. The minimum Gasteiger partial charge on any atom is -0.301 e. The second-order valence-corrected chi connectivity index (χ2v) is 8.47. The van der Waals surface area contributed by atoms with Crippen molar-refractivity contribution >= 4 is 10.2 Å². The smallest absolute Gasteiger partial charge is 0.0482 e. The maximum Gasteiger partial charge on any atom is 0.0482 e. The van der Waals surface area contributed by atoms with E-state index >= 15 is 0 Å². The van der Waals surface area contributed by atoms with Gasteiger partial charge in [-0.15, -0.1) is 0 Å². The molecular weight excluding hydrogens is 212 g/mol. The second-order valence-electron chi connectivity index (χ2n) is 5.89. The van der Waals surface area contributed by atoms with E-state index in [9.17, 15) is 0 Å². The van der Waals surface area contributed by atoms with Gasteiger partial charge in [0.15, 0.2) is 0 Å². The van der Waals surface area contributed by atoms with E-state index in [1.54, 1.807) is 0 Å². The van der Waals surface area contributed by atoms with E-state index in [0.717, 1.165) is 25.7 Å². The van der Waals surface area contributed by atoms with Gasteiger partial charge in [0, 0.05) is 23.0 Å². The molecule has 1 N–H and O–H groups in total. The molecule has 0 spiro atoms. The van der Waals surface area contributed by atoms with Gasteiger partial charge in [-0.1, -0.05) is 48.0 Å². The maximum atomic E-state index is 3.77. The Kier molecular flexibility index (Phi) is 7.52. The molecule has 0 aromatic rings. The van der Waals surface area contributed by atoms with E-state index in [2.05, 4.69) is 51.8 Å². The molecule has 0 bridgehead atoms. The Hall–Kier alpha value is 0.137. The predicted octanol–water partition coefficient (Wildman–Crippen LogP) is 1.85. The predicted molar refractivity (Wildman–Crippen MR) is 78.1 cm³/mol. The maximum absolute atomic E-state index is 3.77. The van der Waals surface area contributed by atoms with E-state index in [0.29, 0.717) is 11.1 Å². The van der Waals surface area contributed by atoms with Gasteiger partial charge in [0.2, 0.25) is 0 Å². The summed E-state index contributed by atoms with van der Waals surface area (Å²) in [6.45, 7) is 17.2. The first-order chi connectivity index (χ1) is 7.36.